The normalized spacial score (nSPS) is 18.7. The van der Waals surface area contributed by atoms with Crippen molar-refractivity contribution in [2.45, 2.75) is 38.3 Å². The third kappa shape index (κ3) is 4.59. The molecule has 10 nitrogen and oxygen atoms in total. The quantitative estimate of drug-likeness (QED) is 0.530. The highest BCUT2D eigenvalue weighted by atomic mass is 16.2. The van der Waals surface area contributed by atoms with Gasteiger partial charge in [-0.1, -0.05) is 24.3 Å². The van der Waals surface area contributed by atoms with Crippen molar-refractivity contribution in [3.8, 4) is 0 Å². The van der Waals surface area contributed by atoms with E-state index in [9.17, 15) is 24.0 Å². The fourth-order valence-electron chi connectivity index (χ4n) is 4.65. The zero-order valence-corrected chi connectivity index (χ0v) is 19.4. The molecule has 0 aliphatic carbocycles. The van der Waals surface area contributed by atoms with Gasteiger partial charge in [0.2, 0.25) is 17.7 Å². The van der Waals surface area contributed by atoms with E-state index in [2.05, 4.69) is 10.6 Å². The summed E-state index contributed by atoms with van der Waals surface area (Å²) in [5, 5.41) is 5.33. The molecule has 4 rings (SSSR count). The maximum absolute atomic E-state index is 13.3. The number of anilines is 2. The van der Waals surface area contributed by atoms with Gasteiger partial charge in [-0.15, -0.1) is 0 Å². The van der Waals surface area contributed by atoms with E-state index >= 15 is 0 Å². The van der Waals surface area contributed by atoms with E-state index in [1.165, 1.54) is 0 Å². The van der Waals surface area contributed by atoms with Gasteiger partial charge in [0.05, 0.1) is 22.5 Å². The van der Waals surface area contributed by atoms with Gasteiger partial charge in [-0.2, -0.15) is 0 Å². The number of hydrogen-bond donors (Lipinski definition) is 3. The van der Waals surface area contributed by atoms with Crippen LogP contribution in [0, 0.1) is 0 Å². The maximum Gasteiger partial charge on any atom is 0.257 e. The smallest absolute Gasteiger partial charge is 0.257 e. The average Bonchev–Trinajstić information content (AvgIpc) is 3.14. The Balaban J connectivity index is 1.46. The molecule has 0 aromatic heterocycles. The van der Waals surface area contributed by atoms with Crippen molar-refractivity contribution < 1.29 is 24.0 Å². The Morgan fingerprint density at radius 2 is 1.74 bits per heavy atom. The first-order chi connectivity index (χ1) is 16.7. The summed E-state index contributed by atoms with van der Waals surface area (Å²) in [4.78, 5) is 65.4. The standard InChI is InChI=1S/C25H27N5O5/c1-25-13-10-22(33)30(25)19-9-5-3-7-17(19)24(35)29(25)15-12-21(32)28-18-8-4-2-6-16(18)23(34)27-14-11-20(26)31/h2-9H,10-15H2,1H3,(H2,26,31)(H,27,34)(H,28,32). The molecule has 2 aromatic rings. The van der Waals surface area contributed by atoms with Crippen LogP contribution in [-0.2, 0) is 14.4 Å². The van der Waals surface area contributed by atoms with Crippen molar-refractivity contribution in [1.29, 1.82) is 0 Å². The van der Waals surface area contributed by atoms with E-state index in [0.29, 0.717) is 29.8 Å². The number of amides is 5. The van der Waals surface area contributed by atoms with E-state index in [1.807, 2.05) is 6.92 Å². The lowest BCUT2D eigenvalue weighted by Gasteiger charge is -2.48. The first-order valence-electron chi connectivity index (χ1n) is 11.4. The molecule has 182 valence electrons. The Kier molecular flexibility index (Phi) is 6.54. The average molecular weight is 478 g/mol. The summed E-state index contributed by atoms with van der Waals surface area (Å²) in [7, 11) is 0. The van der Waals surface area contributed by atoms with Crippen LogP contribution in [-0.4, -0.2) is 53.2 Å². The molecule has 1 unspecified atom stereocenters. The minimum atomic E-state index is -0.846. The lowest BCUT2D eigenvalue weighted by atomic mass is 9.98. The Morgan fingerprint density at radius 1 is 1.03 bits per heavy atom. The number of hydrogen-bond acceptors (Lipinski definition) is 5. The summed E-state index contributed by atoms with van der Waals surface area (Å²) in [5.41, 5.74) is 5.83. The van der Waals surface area contributed by atoms with E-state index in [0.717, 1.165) is 0 Å². The van der Waals surface area contributed by atoms with Gasteiger partial charge in [-0.25, -0.2) is 0 Å². The van der Waals surface area contributed by atoms with Crippen LogP contribution >= 0.6 is 0 Å². The van der Waals surface area contributed by atoms with Crippen LogP contribution in [0.4, 0.5) is 11.4 Å². The molecule has 0 radical (unpaired) electrons. The second kappa shape index (κ2) is 9.57. The number of para-hydroxylation sites is 2. The number of nitrogens with two attached hydrogens (primary N) is 1. The largest absolute Gasteiger partial charge is 0.370 e. The van der Waals surface area contributed by atoms with Crippen LogP contribution in [0.1, 0.15) is 53.3 Å². The van der Waals surface area contributed by atoms with Gasteiger partial charge in [-0.3, -0.25) is 28.9 Å². The topological polar surface area (TPSA) is 142 Å². The number of nitrogens with one attached hydrogen (secondary N) is 2. The van der Waals surface area contributed by atoms with Gasteiger partial charge in [0.1, 0.15) is 5.66 Å². The third-order valence-electron chi connectivity index (χ3n) is 6.41. The number of carbonyl (C=O) groups excluding carboxylic acids is 5. The number of carbonyl (C=O) groups is 5. The molecule has 1 fully saturated rings. The molecule has 0 spiro atoms. The van der Waals surface area contributed by atoms with Crippen LogP contribution in [0.15, 0.2) is 48.5 Å². The molecular weight excluding hydrogens is 450 g/mol. The summed E-state index contributed by atoms with van der Waals surface area (Å²) in [5.74, 6) is -1.64. The van der Waals surface area contributed by atoms with Crippen molar-refractivity contribution in [3.05, 3.63) is 59.7 Å². The third-order valence-corrected chi connectivity index (χ3v) is 6.41. The fourth-order valence-corrected chi connectivity index (χ4v) is 4.65. The van der Waals surface area contributed by atoms with Crippen molar-refractivity contribution in [2.24, 2.45) is 5.73 Å². The summed E-state index contributed by atoms with van der Waals surface area (Å²) < 4.78 is 0. The summed E-state index contributed by atoms with van der Waals surface area (Å²) >= 11 is 0. The highest BCUT2D eigenvalue weighted by Crippen LogP contribution is 2.43. The van der Waals surface area contributed by atoms with Gasteiger partial charge in [0.15, 0.2) is 0 Å². The molecule has 1 atom stereocenters. The first-order valence-corrected chi connectivity index (χ1v) is 11.4. The predicted molar refractivity (Wildman–Crippen MR) is 128 cm³/mol. The summed E-state index contributed by atoms with van der Waals surface area (Å²) in [6.45, 7) is 2.03. The maximum atomic E-state index is 13.3. The highest BCUT2D eigenvalue weighted by molar-refractivity contribution is 6.10. The molecule has 2 aliphatic heterocycles. The molecule has 5 amide bonds. The molecule has 0 saturated carbocycles. The van der Waals surface area contributed by atoms with Crippen LogP contribution in [0.25, 0.3) is 0 Å². The van der Waals surface area contributed by atoms with Crippen molar-refractivity contribution >= 4 is 40.9 Å². The van der Waals surface area contributed by atoms with Gasteiger partial charge in [-0.05, 0) is 37.6 Å². The Bertz CT molecular complexity index is 1210. The minimum absolute atomic E-state index is 0.00550. The Morgan fingerprint density at radius 3 is 2.51 bits per heavy atom. The second-order valence-corrected chi connectivity index (χ2v) is 8.74. The second-order valence-electron chi connectivity index (χ2n) is 8.74. The molecule has 2 aromatic carbocycles. The van der Waals surface area contributed by atoms with Crippen LogP contribution in [0.5, 0.6) is 0 Å². The Hall–Kier alpha value is -4.21. The van der Waals surface area contributed by atoms with Crippen molar-refractivity contribution in [2.75, 3.05) is 23.3 Å². The van der Waals surface area contributed by atoms with Gasteiger partial charge < -0.3 is 21.3 Å². The molecular formula is C25H27N5O5. The van der Waals surface area contributed by atoms with E-state index in [-0.39, 0.29) is 49.2 Å². The lowest BCUT2D eigenvalue weighted by molar-refractivity contribution is -0.118. The zero-order valence-electron chi connectivity index (χ0n) is 19.4. The van der Waals surface area contributed by atoms with Crippen molar-refractivity contribution in [1.82, 2.24) is 10.2 Å². The molecule has 35 heavy (non-hydrogen) atoms. The monoisotopic (exact) mass is 477 g/mol. The zero-order chi connectivity index (χ0) is 25.2. The molecule has 0 bridgehead atoms. The van der Waals surface area contributed by atoms with E-state index in [1.54, 1.807) is 58.3 Å². The lowest BCUT2D eigenvalue weighted by Crippen LogP contribution is -2.62. The van der Waals surface area contributed by atoms with E-state index in [4.69, 9.17) is 5.73 Å². The van der Waals surface area contributed by atoms with Crippen LogP contribution < -0.4 is 21.3 Å². The van der Waals surface area contributed by atoms with Crippen LogP contribution in [0.2, 0.25) is 0 Å². The van der Waals surface area contributed by atoms with Crippen LogP contribution in [0.3, 0.4) is 0 Å². The van der Waals surface area contributed by atoms with Gasteiger partial charge >= 0.3 is 0 Å². The first kappa shape index (κ1) is 23.9. The fraction of sp³-hybridized carbons (Fsp3) is 0.320. The number of nitrogens with zero attached hydrogens (tertiary/aromatic N) is 2. The number of fused-ring (bicyclic) bond motifs is 3. The van der Waals surface area contributed by atoms with Crippen molar-refractivity contribution in [3.63, 3.8) is 0 Å². The Labute approximate surface area is 202 Å². The molecule has 10 heteroatoms. The predicted octanol–water partition coefficient (Wildman–Crippen LogP) is 1.62. The molecule has 1 saturated heterocycles. The minimum Gasteiger partial charge on any atom is -0.370 e. The van der Waals surface area contributed by atoms with E-state index < -0.39 is 17.5 Å². The number of benzene rings is 2. The summed E-state index contributed by atoms with van der Waals surface area (Å²) in [6.07, 6.45) is 0.773. The SMILES string of the molecule is CC12CCC(=O)N1c1ccccc1C(=O)N2CCC(=O)Nc1ccccc1C(=O)NCCC(N)=O. The molecule has 4 N–H and O–H groups in total. The number of primary amides is 1. The highest BCUT2D eigenvalue weighted by Gasteiger charge is 2.52. The van der Waals surface area contributed by atoms with Gasteiger partial charge in [0, 0.05) is 32.4 Å². The van der Waals surface area contributed by atoms with Gasteiger partial charge in [0.25, 0.3) is 11.8 Å². The summed E-state index contributed by atoms with van der Waals surface area (Å²) in [6, 6.07) is 13.5. The molecule has 2 heterocycles. The molecule has 2 aliphatic rings. The number of rotatable bonds is 8.